The summed E-state index contributed by atoms with van der Waals surface area (Å²) in [5.41, 5.74) is 4.77. The van der Waals surface area contributed by atoms with E-state index in [2.05, 4.69) is 20.6 Å². The Balaban J connectivity index is 1.50. The molecule has 1 unspecified atom stereocenters. The van der Waals surface area contributed by atoms with Crippen LogP contribution in [0.1, 0.15) is 28.2 Å². The van der Waals surface area contributed by atoms with Crippen LogP contribution in [0.3, 0.4) is 0 Å². The van der Waals surface area contributed by atoms with Crippen molar-refractivity contribution in [1.29, 1.82) is 0 Å². The summed E-state index contributed by atoms with van der Waals surface area (Å²) in [7, 11) is 1.80. The van der Waals surface area contributed by atoms with E-state index in [4.69, 9.17) is 0 Å². The van der Waals surface area contributed by atoms with Gasteiger partial charge in [-0.25, -0.2) is 0 Å². The molecule has 0 aliphatic heterocycles. The quantitative estimate of drug-likeness (QED) is 0.775. The highest BCUT2D eigenvalue weighted by molar-refractivity contribution is 5.93. The molecule has 1 aliphatic rings. The number of hydrogen-bond acceptors (Lipinski definition) is 3. The van der Waals surface area contributed by atoms with Crippen molar-refractivity contribution in [1.82, 2.24) is 25.3 Å². The van der Waals surface area contributed by atoms with E-state index >= 15 is 0 Å². The van der Waals surface area contributed by atoms with Gasteiger partial charge >= 0.3 is 0 Å². The Morgan fingerprint density at radius 1 is 1.33 bits per heavy atom. The first kappa shape index (κ1) is 14.7. The Hall–Kier alpha value is -2.89. The third-order valence-electron chi connectivity index (χ3n) is 4.54. The molecule has 0 saturated heterocycles. The number of aromatic nitrogens is 4. The number of hydrogen-bond donors (Lipinski definition) is 2. The maximum absolute atomic E-state index is 12.6. The lowest BCUT2D eigenvalue weighted by atomic mass is 9.93. The average Bonchev–Trinajstić information content (AvgIpc) is 3.21. The molecular formula is C18H19N5O. The van der Waals surface area contributed by atoms with Gasteiger partial charge in [0, 0.05) is 30.8 Å². The van der Waals surface area contributed by atoms with E-state index in [1.807, 2.05) is 42.6 Å². The molecule has 1 aromatic carbocycles. The summed E-state index contributed by atoms with van der Waals surface area (Å²) < 4.78 is 1.64. The molecule has 6 heteroatoms. The molecule has 0 radical (unpaired) electrons. The standard InChI is InChI=1S/C18H19N5O/c1-23-17(10-16(22-23)12-5-3-2-4-6-12)18(24)20-14-8-7-13-11-19-21-15(13)9-14/h2-6,10-11,14H,7-9H2,1H3,(H,19,21)(H,20,24). The molecule has 1 amide bonds. The molecule has 2 heterocycles. The molecule has 1 atom stereocenters. The fourth-order valence-electron chi connectivity index (χ4n) is 3.22. The van der Waals surface area contributed by atoms with E-state index in [0.29, 0.717) is 5.69 Å². The van der Waals surface area contributed by atoms with Crippen LogP contribution in [0.25, 0.3) is 11.3 Å². The molecule has 4 rings (SSSR count). The van der Waals surface area contributed by atoms with E-state index in [1.54, 1.807) is 11.7 Å². The van der Waals surface area contributed by atoms with Gasteiger partial charge in [-0.05, 0) is 24.5 Å². The molecule has 2 N–H and O–H groups in total. The van der Waals surface area contributed by atoms with Crippen LogP contribution in [-0.4, -0.2) is 31.9 Å². The van der Waals surface area contributed by atoms with Crippen LogP contribution >= 0.6 is 0 Å². The molecule has 122 valence electrons. The van der Waals surface area contributed by atoms with Gasteiger partial charge in [0.1, 0.15) is 5.69 Å². The smallest absolute Gasteiger partial charge is 0.269 e. The molecular weight excluding hydrogens is 302 g/mol. The van der Waals surface area contributed by atoms with Gasteiger partial charge in [0.05, 0.1) is 11.9 Å². The number of rotatable bonds is 3. The van der Waals surface area contributed by atoms with Gasteiger partial charge in [-0.1, -0.05) is 30.3 Å². The van der Waals surface area contributed by atoms with Gasteiger partial charge in [0.15, 0.2) is 0 Å². The summed E-state index contributed by atoms with van der Waals surface area (Å²) in [6, 6.07) is 11.8. The zero-order chi connectivity index (χ0) is 16.5. The summed E-state index contributed by atoms with van der Waals surface area (Å²) in [6.07, 6.45) is 4.55. The lowest BCUT2D eigenvalue weighted by Gasteiger charge is -2.22. The number of nitrogens with one attached hydrogen (secondary N) is 2. The highest BCUT2D eigenvalue weighted by Crippen LogP contribution is 2.21. The van der Waals surface area contributed by atoms with Crippen LogP contribution in [-0.2, 0) is 19.9 Å². The summed E-state index contributed by atoms with van der Waals surface area (Å²) in [6.45, 7) is 0. The third kappa shape index (κ3) is 2.71. The SMILES string of the molecule is Cn1nc(-c2ccccc2)cc1C(=O)NC1CCc2cn[nH]c2C1. The minimum atomic E-state index is -0.0832. The molecule has 6 nitrogen and oxygen atoms in total. The number of benzene rings is 1. The fourth-order valence-corrected chi connectivity index (χ4v) is 3.22. The minimum absolute atomic E-state index is 0.0832. The van der Waals surface area contributed by atoms with Gasteiger partial charge in [0.25, 0.3) is 5.91 Å². The van der Waals surface area contributed by atoms with Crippen molar-refractivity contribution in [2.24, 2.45) is 7.05 Å². The number of amides is 1. The molecule has 0 bridgehead atoms. The van der Waals surface area contributed by atoms with Gasteiger partial charge < -0.3 is 5.32 Å². The molecule has 0 spiro atoms. The third-order valence-corrected chi connectivity index (χ3v) is 4.54. The Morgan fingerprint density at radius 3 is 3.00 bits per heavy atom. The van der Waals surface area contributed by atoms with E-state index in [9.17, 15) is 4.79 Å². The molecule has 24 heavy (non-hydrogen) atoms. The maximum Gasteiger partial charge on any atom is 0.269 e. The highest BCUT2D eigenvalue weighted by Gasteiger charge is 2.23. The first-order valence-corrected chi connectivity index (χ1v) is 8.12. The predicted molar refractivity (Wildman–Crippen MR) is 90.5 cm³/mol. The van der Waals surface area contributed by atoms with Crippen molar-refractivity contribution in [2.75, 3.05) is 0 Å². The van der Waals surface area contributed by atoms with Crippen molar-refractivity contribution < 1.29 is 4.79 Å². The molecule has 0 fully saturated rings. The second-order valence-corrected chi connectivity index (χ2v) is 6.19. The van der Waals surface area contributed by atoms with Gasteiger partial charge in [-0.3, -0.25) is 14.6 Å². The van der Waals surface area contributed by atoms with Crippen LogP contribution in [0.5, 0.6) is 0 Å². The molecule has 1 aliphatic carbocycles. The van der Waals surface area contributed by atoms with Crippen LogP contribution < -0.4 is 5.32 Å². The lowest BCUT2D eigenvalue weighted by Crippen LogP contribution is -2.39. The number of carbonyl (C=O) groups excluding carboxylic acids is 1. The Morgan fingerprint density at radius 2 is 2.17 bits per heavy atom. The number of aryl methyl sites for hydroxylation is 2. The largest absolute Gasteiger partial charge is 0.348 e. The zero-order valence-electron chi connectivity index (χ0n) is 13.5. The van der Waals surface area contributed by atoms with Crippen molar-refractivity contribution >= 4 is 5.91 Å². The Kier molecular flexibility index (Phi) is 3.65. The van der Waals surface area contributed by atoms with E-state index in [1.165, 1.54) is 5.56 Å². The zero-order valence-corrected chi connectivity index (χ0v) is 13.5. The van der Waals surface area contributed by atoms with Crippen LogP contribution in [0.4, 0.5) is 0 Å². The normalized spacial score (nSPS) is 16.6. The minimum Gasteiger partial charge on any atom is -0.348 e. The summed E-state index contributed by atoms with van der Waals surface area (Å²) in [5, 5.41) is 14.7. The van der Waals surface area contributed by atoms with Crippen LogP contribution in [0, 0.1) is 0 Å². The number of carbonyl (C=O) groups is 1. The van der Waals surface area contributed by atoms with Crippen molar-refractivity contribution in [2.45, 2.75) is 25.3 Å². The van der Waals surface area contributed by atoms with Crippen molar-refractivity contribution in [3.05, 3.63) is 59.5 Å². The fraction of sp³-hybridized carbons (Fsp3) is 0.278. The first-order valence-electron chi connectivity index (χ1n) is 8.12. The lowest BCUT2D eigenvalue weighted by molar-refractivity contribution is 0.0924. The van der Waals surface area contributed by atoms with Crippen LogP contribution in [0.15, 0.2) is 42.6 Å². The molecule has 0 saturated carbocycles. The number of fused-ring (bicyclic) bond motifs is 1. The summed E-state index contributed by atoms with van der Waals surface area (Å²) in [5.74, 6) is -0.0832. The van der Waals surface area contributed by atoms with E-state index in [-0.39, 0.29) is 11.9 Å². The second-order valence-electron chi connectivity index (χ2n) is 6.19. The molecule has 3 aromatic rings. The van der Waals surface area contributed by atoms with Gasteiger partial charge in [0.2, 0.25) is 0 Å². The van der Waals surface area contributed by atoms with E-state index in [0.717, 1.165) is 36.2 Å². The topological polar surface area (TPSA) is 75.6 Å². The predicted octanol–water partition coefficient (Wildman–Crippen LogP) is 2.10. The maximum atomic E-state index is 12.6. The highest BCUT2D eigenvalue weighted by atomic mass is 16.2. The van der Waals surface area contributed by atoms with Gasteiger partial charge in [-0.15, -0.1) is 0 Å². The number of H-pyrrole nitrogens is 1. The Labute approximate surface area is 139 Å². The monoisotopic (exact) mass is 321 g/mol. The summed E-state index contributed by atoms with van der Waals surface area (Å²) >= 11 is 0. The van der Waals surface area contributed by atoms with Gasteiger partial charge in [-0.2, -0.15) is 10.2 Å². The van der Waals surface area contributed by atoms with E-state index < -0.39 is 0 Å². The Bertz CT molecular complexity index is 865. The van der Waals surface area contributed by atoms with Crippen LogP contribution in [0.2, 0.25) is 0 Å². The summed E-state index contributed by atoms with van der Waals surface area (Å²) in [4.78, 5) is 12.6. The van der Waals surface area contributed by atoms with Crippen molar-refractivity contribution in [3.63, 3.8) is 0 Å². The van der Waals surface area contributed by atoms with Crippen molar-refractivity contribution in [3.8, 4) is 11.3 Å². The average molecular weight is 321 g/mol. The molecule has 2 aromatic heterocycles. The first-order chi connectivity index (χ1) is 11.7. The number of nitrogens with zero attached hydrogens (tertiary/aromatic N) is 3. The second kappa shape index (κ2) is 5.96. The number of aromatic amines is 1.